The van der Waals surface area contributed by atoms with Gasteiger partial charge in [0.15, 0.2) is 23.0 Å². The SMILES string of the molecule is COc1ccc2c(c1OC)C(=O)O[C@H]2[C@@H]1Cc2c(cc3c(c2OC)OCO3)CN1C. The molecule has 8 heteroatoms. The lowest BCUT2D eigenvalue weighted by Crippen LogP contribution is -2.42. The number of fused-ring (bicyclic) bond motifs is 3. The Morgan fingerprint density at radius 3 is 2.60 bits per heavy atom. The summed E-state index contributed by atoms with van der Waals surface area (Å²) in [4.78, 5) is 14.9. The monoisotopic (exact) mass is 413 g/mol. The Morgan fingerprint density at radius 2 is 1.87 bits per heavy atom. The molecule has 5 rings (SSSR count). The van der Waals surface area contributed by atoms with Crippen LogP contribution in [0.5, 0.6) is 28.7 Å². The van der Waals surface area contributed by atoms with Crippen molar-refractivity contribution in [3.63, 3.8) is 0 Å². The third-order valence-corrected chi connectivity index (χ3v) is 6.09. The molecule has 0 saturated heterocycles. The zero-order chi connectivity index (χ0) is 21.0. The lowest BCUT2D eigenvalue weighted by Gasteiger charge is -2.37. The molecular weight excluding hydrogens is 390 g/mol. The van der Waals surface area contributed by atoms with Crippen molar-refractivity contribution in [1.82, 2.24) is 4.90 Å². The molecule has 3 aliphatic rings. The normalized spacial score (nSPS) is 21.7. The lowest BCUT2D eigenvalue weighted by molar-refractivity contribution is 0.00807. The Bertz CT molecular complexity index is 1030. The maximum absolute atomic E-state index is 12.8. The molecule has 3 heterocycles. The molecule has 2 aromatic carbocycles. The van der Waals surface area contributed by atoms with E-state index in [1.807, 2.05) is 25.2 Å². The minimum Gasteiger partial charge on any atom is -0.493 e. The van der Waals surface area contributed by atoms with Crippen molar-refractivity contribution in [2.24, 2.45) is 0 Å². The van der Waals surface area contributed by atoms with E-state index >= 15 is 0 Å². The molecule has 0 aliphatic carbocycles. The Balaban J connectivity index is 1.56. The van der Waals surface area contributed by atoms with E-state index in [9.17, 15) is 4.79 Å². The summed E-state index contributed by atoms with van der Waals surface area (Å²) in [7, 11) is 6.73. The van der Waals surface area contributed by atoms with Crippen molar-refractivity contribution >= 4 is 5.97 Å². The molecule has 2 aromatic rings. The Labute approximate surface area is 174 Å². The molecule has 0 radical (unpaired) electrons. The number of methoxy groups -OCH3 is 3. The van der Waals surface area contributed by atoms with Crippen LogP contribution in [0.3, 0.4) is 0 Å². The van der Waals surface area contributed by atoms with Gasteiger partial charge in [0.25, 0.3) is 0 Å². The fraction of sp³-hybridized carbons (Fsp3) is 0.409. The Hall–Kier alpha value is -3.13. The second kappa shape index (κ2) is 6.98. The Morgan fingerprint density at radius 1 is 1.07 bits per heavy atom. The largest absolute Gasteiger partial charge is 0.493 e. The van der Waals surface area contributed by atoms with Crippen LogP contribution in [0.25, 0.3) is 0 Å². The van der Waals surface area contributed by atoms with E-state index in [0.717, 1.165) is 16.7 Å². The second-order valence-corrected chi connectivity index (χ2v) is 7.56. The van der Waals surface area contributed by atoms with Crippen LogP contribution in [0.15, 0.2) is 18.2 Å². The van der Waals surface area contributed by atoms with Gasteiger partial charge >= 0.3 is 5.97 Å². The van der Waals surface area contributed by atoms with Crippen molar-refractivity contribution < 1.29 is 33.2 Å². The number of hydrogen-bond acceptors (Lipinski definition) is 8. The molecule has 0 amide bonds. The fourth-order valence-corrected chi connectivity index (χ4v) is 4.68. The molecule has 0 fully saturated rings. The number of carbonyl (C=O) groups is 1. The summed E-state index contributed by atoms with van der Waals surface area (Å²) in [5.41, 5.74) is 3.40. The van der Waals surface area contributed by atoms with Crippen molar-refractivity contribution in [3.05, 3.63) is 40.5 Å². The van der Waals surface area contributed by atoms with E-state index in [0.29, 0.717) is 47.3 Å². The van der Waals surface area contributed by atoms with Crippen LogP contribution in [0.2, 0.25) is 0 Å². The molecule has 0 bridgehead atoms. The summed E-state index contributed by atoms with van der Waals surface area (Å²) in [6.45, 7) is 0.854. The molecule has 0 spiro atoms. The van der Waals surface area contributed by atoms with Gasteiger partial charge in [-0.2, -0.15) is 0 Å². The van der Waals surface area contributed by atoms with Gasteiger partial charge in [-0.25, -0.2) is 4.79 Å². The number of ether oxygens (including phenoxy) is 6. The standard InChI is InChI=1S/C22H23NO7/c1-23-9-11-7-16-21(29-10-28-16)19(26-3)13(11)8-14(23)18-12-5-6-15(25-2)20(27-4)17(12)22(24)30-18/h5-7,14,18H,8-10H2,1-4H3/t14-,18+/m0/s1. The van der Waals surface area contributed by atoms with E-state index in [2.05, 4.69) is 4.90 Å². The second-order valence-electron chi connectivity index (χ2n) is 7.56. The lowest BCUT2D eigenvalue weighted by atomic mass is 9.87. The highest BCUT2D eigenvalue weighted by atomic mass is 16.7. The predicted octanol–water partition coefficient (Wildman–Crippen LogP) is 2.71. The van der Waals surface area contributed by atoms with Gasteiger partial charge in [0.05, 0.1) is 27.4 Å². The summed E-state index contributed by atoms with van der Waals surface area (Å²) in [6.07, 6.45) is 0.206. The van der Waals surface area contributed by atoms with Crippen LogP contribution in [0, 0.1) is 0 Å². The van der Waals surface area contributed by atoms with Crippen LogP contribution in [-0.2, 0) is 17.7 Å². The summed E-state index contributed by atoms with van der Waals surface area (Å²) >= 11 is 0. The highest BCUT2D eigenvalue weighted by Gasteiger charge is 2.44. The molecular formula is C22H23NO7. The van der Waals surface area contributed by atoms with E-state index in [-0.39, 0.29) is 12.8 Å². The zero-order valence-electron chi connectivity index (χ0n) is 17.3. The molecule has 2 atom stereocenters. The average Bonchev–Trinajstić information content (AvgIpc) is 3.35. The third kappa shape index (κ3) is 2.60. The van der Waals surface area contributed by atoms with Crippen molar-refractivity contribution in [3.8, 4) is 28.7 Å². The minimum atomic E-state index is -0.430. The fourth-order valence-electron chi connectivity index (χ4n) is 4.68. The number of carbonyl (C=O) groups excluding carboxylic acids is 1. The summed E-state index contributed by atoms with van der Waals surface area (Å²) in [6, 6.07) is 5.62. The van der Waals surface area contributed by atoms with Gasteiger partial charge < -0.3 is 28.4 Å². The topological polar surface area (TPSA) is 75.7 Å². The first-order chi connectivity index (χ1) is 14.6. The van der Waals surface area contributed by atoms with Crippen LogP contribution >= 0.6 is 0 Å². The van der Waals surface area contributed by atoms with E-state index in [4.69, 9.17) is 28.4 Å². The highest BCUT2D eigenvalue weighted by Crippen LogP contribution is 2.50. The van der Waals surface area contributed by atoms with Crippen LogP contribution in [0.4, 0.5) is 0 Å². The van der Waals surface area contributed by atoms with E-state index < -0.39 is 12.1 Å². The van der Waals surface area contributed by atoms with Crippen molar-refractivity contribution in [1.29, 1.82) is 0 Å². The number of hydrogen-bond donors (Lipinski definition) is 0. The maximum Gasteiger partial charge on any atom is 0.343 e. The number of cyclic esters (lactones) is 1. The Kier molecular flexibility index (Phi) is 4.39. The van der Waals surface area contributed by atoms with Gasteiger partial charge in [0.1, 0.15) is 11.7 Å². The van der Waals surface area contributed by atoms with Crippen LogP contribution in [0.1, 0.15) is 33.2 Å². The zero-order valence-corrected chi connectivity index (χ0v) is 17.3. The van der Waals surface area contributed by atoms with Gasteiger partial charge in [-0.1, -0.05) is 6.07 Å². The van der Waals surface area contributed by atoms with E-state index in [1.54, 1.807) is 14.2 Å². The molecule has 0 N–H and O–H groups in total. The van der Waals surface area contributed by atoms with Gasteiger partial charge in [0.2, 0.25) is 12.5 Å². The predicted molar refractivity (Wildman–Crippen MR) is 106 cm³/mol. The first kappa shape index (κ1) is 18.9. The number of benzene rings is 2. The van der Waals surface area contributed by atoms with Crippen molar-refractivity contribution in [2.75, 3.05) is 35.2 Å². The van der Waals surface area contributed by atoms with Crippen LogP contribution in [-0.4, -0.2) is 52.1 Å². The summed E-state index contributed by atoms with van der Waals surface area (Å²) in [5.74, 6) is 2.53. The van der Waals surface area contributed by atoms with Crippen LogP contribution < -0.4 is 23.7 Å². The summed E-state index contributed by atoms with van der Waals surface area (Å²) < 4.78 is 33.5. The van der Waals surface area contributed by atoms with Crippen molar-refractivity contribution in [2.45, 2.75) is 25.1 Å². The van der Waals surface area contributed by atoms with Gasteiger partial charge in [-0.15, -0.1) is 0 Å². The molecule has 3 aliphatic heterocycles. The molecule has 158 valence electrons. The molecule has 8 nitrogen and oxygen atoms in total. The quantitative estimate of drug-likeness (QED) is 0.709. The van der Waals surface area contributed by atoms with Gasteiger partial charge in [0, 0.05) is 17.7 Å². The highest BCUT2D eigenvalue weighted by molar-refractivity contribution is 5.98. The van der Waals surface area contributed by atoms with Gasteiger partial charge in [-0.05, 0) is 31.2 Å². The molecule has 30 heavy (non-hydrogen) atoms. The average molecular weight is 413 g/mol. The minimum absolute atomic E-state index is 0.0740. The smallest absolute Gasteiger partial charge is 0.343 e. The molecule has 0 saturated carbocycles. The summed E-state index contributed by atoms with van der Waals surface area (Å²) in [5, 5.41) is 0. The maximum atomic E-state index is 12.8. The van der Waals surface area contributed by atoms with E-state index in [1.165, 1.54) is 7.11 Å². The molecule has 0 unspecified atom stereocenters. The first-order valence-corrected chi connectivity index (χ1v) is 9.71. The number of nitrogens with zero attached hydrogens (tertiary/aromatic N) is 1. The number of likely N-dealkylation sites (N-methyl/N-ethyl adjacent to an activating group) is 1. The first-order valence-electron chi connectivity index (χ1n) is 9.71. The molecule has 0 aromatic heterocycles. The third-order valence-electron chi connectivity index (χ3n) is 6.09. The number of esters is 1. The van der Waals surface area contributed by atoms with Gasteiger partial charge in [-0.3, -0.25) is 4.90 Å². The number of rotatable bonds is 4.